The molecule has 25 heteroatoms. The maximum Gasteiger partial charge on any atom is 0.256 e. The van der Waals surface area contributed by atoms with Crippen LogP contribution in [0.2, 0.25) is 0 Å². The average Bonchev–Trinajstić information content (AvgIpc) is 3.21. The molecule has 0 saturated heterocycles. The highest BCUT2D eigenvalue weighted by Crippen LogP contribution is 2.38. The smallest absolute Gasteiger partial charge is 0.256 e. The Morgan fingerprint density at radius 3 is 1.22 bits per heavy atom. The first-order valence-corrected chi connectivity index (χ1v) is 23.0. The van der Waals surface area contributed by atoms with Crippen molar-refractivity contribution in [3.63, 3.8) is 0 Å². The summed E-state index contributed by atoms with van der Waals surface area (Å²) in [5.41, 5.74) is 0.0236. The molecule has 0 aromatic heterocycles. The van der Waals surface area contributed by atoms with Crippen molar-refractivity contribution in [2.24, 2.45) is 0 Å². The number of benzene rings is 2. The van der Waals surface area contributed by atoms with Gasteiger partial charge in [0.05, 0.1) is 83.0 Å². The molecule has 0 fully saturated rings. The number of nitrogens with one attached hydrogen (secondary N) is 2. The Bertz CT molecular complexity index is 1810. The lowest BCUT2D eigenvalue weighted by Crippen LogP contribution is -2.44. The predicted octanol–water partition coefficient (Wildman–Crippen LogP) is -0.701. The number of amides is 6. The van der Waals surface area contributed by atoms with Crippen molar-refractivity contribution in [2.75, 3.05) is 104 Å². The lowest BCUT2D eigenvalue weighted by molar-refractivity contribution is -0.119. The van der Waals surface area contributed by atoms with Gasteiger partial charge in [0, 0.05) is 60.5 Å². The predicted molar refractivity (Wildman–Crippen MR) is 259 cm³/mol. The van der Waals surface area contributed by atoms with E-state index >= 15 is 0 Å². The highest BCUT2D eigenvalue weighted by molar-refractivity contribution is 14.1. The van der Waals surface area contributed by atoms with E-state index in [2.05, 4.69) is 10.6 Å². The molecule has 0 saturated carbocycles. The van der Waals surface area contributed by atoms with E-state index in [0.717, 1.165) is 9.80 Å². The summed E-state index contributed by atoms with van der Waals surface area (Å²) in [6, 6.07) is 0. The van der Waals surface area contributed by atoms with Gasteiger partial charge in [-0.1, -0.05) is 0 Å². The zero-order chi connectivity index (χ0) is 45.8. The Morgan fingerprint density at radius 1 is 0.517 bits per heavy atom. The summed E-state index contributed by atoms with van der Waals surface area (Å²) in [5.74, 6) is -4.53. The van der Waals surface area contributed by atoms with E-state index in [0.29, 0.717) is 0 Å². The summed E-state index contributed by atoms with van der Waals surface area (Å²) in [4.78, 5) is 86.1. The standard InChI is InChI=1S/C35H45I5N6O14/c1-16-21(25(36)22(27(38)30(16)41-19(55)14-51)32(57)43(2)10-17(53)12-49)34(59)45(6-8-47)4-5-46(7-9-48)35(60)24-26(37)23(33(58)44(3)11-18(54)13-50)28(39)31(29(24)40)42-20(56)15-52/h17-18,47-54H,4-15H2,1-3H3,(H,41,55)(H,42,56). The largest absolute Gasteiger partial charge is 0.395 e. The first-order valence-electron chi connectivity index (χ1n) is 17.6. The van der Waals surface area contributed by atoms with Crippen molar-refractivity contribution < 1.29 is 69.6 Å². The molecule has 10 N–H and O–H groups in total. The Balaban J connectivity index is 2.77. The van der Waals surface area contributed by atoms with Crippen LogP contribution in [0.3, 0.4) is 0 Å². The van der Waals surface area contributed by atoms with Gasteiger partial charge >= 0.3 is 0 Å². The van der Waals surface area contributed by atoms with E-state index in [1.165, 1.54) is 30.8 Å². The highest BCUT2D eigenvalue weighted by Gasteiger charge is 2.34. The molecule has 0 heterocycles. The van der Waals surface area contributed by atoms with Crippen LogP contribution in [0.25, 0.3) is 0 Å². The summed E-state index contributed by atoms with van der Waals surface area (Å²) in [5, 5.41) is 83.0. The second-order valence-electron chi connectivity index (χ2n) is 12.9. The molecule has 0 radical (unpaired) electrons. The molecule has 0 aliphatic heterocycles. The van der Waals surface area contributed by atoms with E-state index < -0.39 is 87.3 Å². The average molecular weight is 1410 g/mol. The number of aliphatic hydroxyl groups excluding tert-OH is 8. The van der Waals surface area contributed by atoms with Crippen molar-refractivity contribution in [1.82, 2.24) is 19.6 Å². The van der Waals surface area contributed by atoms with Crippen LogP contribution in [0.15, 0.2) is 0 Å². The van der Waals surface area contributed by atoms with Crippen LogP contribution in [0, 0.1) is 24.8 Å². The van der Waals surface area contributed by atoms with Crippen LogP contribution < -0.4 is 10.6 Å². The summed E-state index contributed by atoms with van der Waals surface area (Å²) >= 11 is 9.02. The Morgan fingerprint density at radius 2 is 0.850 bits per heavy atom. The van der Waals surface area contributed by atoms with Gasteiger partial charge in [-0.3, -0.25) is 28.8 Å². The van der Waals surface area contributed by atoms with Crippen LogP contribution in [-0.2, 0) is 9.59 Å². The maximum atomic E-state index is 14.5. The first kappa shape index (κ1) is 54.7. The molecule has 0 spiro atoms. The van der Waals surface area contributed by atoms with Crippen molar-refractivity contribution in [3.05, 3.63) is 45.7 Å². The molecule has 334 valence electrons. The molecule has 0 aliphatic rings. The second kappa shape index (κ2) is 25.8. The third-order valence-electron chi connectivity index (χ3n) is 8.65. The number of carbonyl (C=O) groups excluding carboxylic acids is 6. The molecule has 2 unspecified atom stereocenters. The molecule has 60 heavy (non-hydrogen) atoms. The summed E-state index contributed by atoms with van der Waals surface area (Å²) in [6.07, 6.45) is -2.57. The lowest BCUT2D eigenvalue weighted by Gasteiger charge is -2.30. The number of hydrogen-bond acceptors (Lipinski definition) is 14. The third-order valence-corrected chi connectivity index (χ3v) is 14.0. The topological polar surface area (TPSA) is 301 Å². The number of nitrogens with zero attached hydrogens (tertiary/aromatic N) is 4. The van der Waals surface area contributed by atoms with E-state index in [1.807, 2.05) is 45.2 Å². The number of aliphatic hydroxyl groups is 8. The van der Waals surface area contributed by atoms with Gasteiger partial charge in [0.2, 0.25) is 11.8 Å². The number of anilines is 2. The molecular formula is C35H45I5N6O14. The zero-order valence-corrected chi connectivity index (χ0v) is 43.1. The molecule has 2 aromatic rings. The fourth-order valence-corrected chi connectivity index (χ4v) is 12.7. The van der Waals surface area contributed by atoms with Gasteiger partial charge in [-0.15, -0.1) is 0 Å². The van der Waals surface area contributed by atoms with Gasteiger partial charge in [0.25, 0.3) is 23.6 Å². The third kappa shape index (κ3) is 13.6. The van der Waals surface area contributed by atoms with Crippen molar-refractivity contribution in [2.45, 2.75) is 19.1 Å². The summed E-state index contributed by atoms with van der Waals surface area (Å²) < 4.78 is 0.849. The van der Waals surface area contributed by atoms with E-state index in [4.69, 9.17) is 0 Å². The molecular weight excluding hydrogens is 1360 g/mol. The molecule has 2 aromatic carbocycles. The maximum absolute atomic E-state index is 14.5. The van der Waals surface area contributed by atoms with E-state index in [-0.39, 0.29) is 96.3 Å². The van der Waals surface area contributed by atoms with E-state index in [1.54, 1.807) is 67.8 Å². The number of halogens is 5. The van der Waals surface area contributed by atoms with Crippen LogP contribution in [0.1, 0.15) is 47.0 Å². The Hall–Kier alpha value is -1.41. The zero-order valence-electron chi connectivity index (χ0n) is 32.3. The number of hydrogen-bond donors (Lipinski definition) is 10. The summed E-state index contributed by atoms with van der Waals surface area (Å²) in [6.45, 7) is -4.39. The fourth-order valence-electron chi connectivity index (χ4n) is 5.62. The molecule has 0 bridgehead atoms. The van der Waals surface area contributed by atoms with Gasteiger partial charge in [-0.2, -0.15) is 0 Å². The molecule has 20 nitrogen and oxygen atoms in total. The van der Waals surface area contributed by atoms with E-state index in [9.17, 15) is 69.6 Å². The van der Waals surface area contributed by atoms with Crippen LogP contribution in [0.4, 0.5) is 11.4 Å². The molecule has 2 rings (SSSR count). The minimum Gasteiger partial charge on any atom is -0.395 e. The summed E-state index contributed by atoms with van der Waals surface area (Å²) in [7, 11) is 2.73. The quantitative estimate of drug-likeness (QED) is 0.0692. The number of rotatable bonds is 21. The van der Waals surface area contributed by atoms with Crippen molar-refractivity contribution in [3.8, 4) is 0 Å². The second-order valence-corrected chi connectivity index (χ2v) is 18.3. The normalized spacial score (nSPS) is 12.1. The Labute approximate surface area is 413 Å². The van der Waals surface area contributed by atoms with Crippen molar-refractivity contribution >= 4 is 160 Å². The number of likely N-dealkylation sites (N-methyl/N-ethyl adjacent to an activating group) is 2. The van der Waals surface area contributed by atoms with Crippen LogP contribution in [-0.4, -0.2) is 201 Å². The SMILES string of the molecule is Cc1c(NC(=O)CO)c(I)c(C(=O)N(C)CC(O)CO)c(I)c1C(=O)N(CCO)CCN(CCO)C(=O)c1c(I)c(NC(=O)CO)c(I)c(C(=O)N(C)CC(O)CO)c1I. The van der Waals surface area contributed by atoms with Gasteiger partial charge in [-0.05, 0) is 125 Å². The van der Waals surface area contributed by atoms with Crippen molar-refractivity contribution in [1.29, 1.82) is 0 Å². The van der Waals surface area contributed by atoms with Crippen LogP contribution in [0.5, 0.6) is 0 Å². The van der Waals surface area contributed by atoms with Gasteiger partial charge in [-0.25, -0.2) is 0 Å². The minimum atomic E-state index is -1.28. The molecule has 0 aliphatic carbocycles. The Kier molecular flexibility index (Phi) is 23.5. The minimum absolute atomic E-state index is 0.0224. The molecule has 6 amide bonds. The fraction of sp³-hybridized carbons (Fsp3) is 0.486. The van der Waals surface area contributed by atoms with Crippen LogP contribution >= 0.6 is 113 Å². The molecule has 2 atom stereocenters. The van der Waals surface area contributed by atoms with Gasteiger partial charge < -0.3 is 71.1 Å². The first-order chi connectivity index (χ1) is 28.2. The number of carbonyl (C=O) groups is 6. The lowest BCUT2D eigenvalue weighted by atomic mass is 10.00. The van der Waals surface area contributed by atoms with Gasteiger partial charge in [0.1, 0.15) is 13.2 Å². The monoisotopic (exact) mass is 1410 g/mol. The highest BCUT2D eigenvalue weighted by atomic mass is 127. The van der Waals surface area contributed by atoms with Gasteiger partial charge in [0.15, 0.2) is 0 Å².